The van der Waals surface area contributed by atoms with Gasteiger partial charge in [-0.15, -0.1) is 0 Å². The molecule has 1 heterocycles. The highest BCUT2D eigenvalue weighted by atomic mass is 35.5. The number of carbonyl (C=O) groups excluding carboxylic acids is 1. The van der Waals surface area contributed by atoms with E-state index in [0.717, 1.165) is 30.5 Å². The number of aliphatic carboxylic acids is 1. The Labute approximate surface area is 154 Å². The van der Waals surface area contributed by atoms with Crippen LogP contribution in [0.5, 0.6) is 0 Å². The minimum atomic E-state index is -0.941. The van der Waals surface area contributed by atoms with E-state index in [1.165, 1.54) is 4.90 Å². The number of benzene rings is 1. The van der Waals surface area contributed by atoms with Crippen LogP contribution in [-0.4, -0.2) is 45.3 Å². The molecule has 0 saturated carbocycles. The number of halogens is 2. The van der Waals surface area contributed by atoms with E-state index in [2.05, 4.69) is 5.10 Å². The van der Waals surface area contributed by atoms with Crippen LogP contribution in [0, 0.1) is 0 Å². The van der Waals surface area contributed by atoms with E-state index in [1.807, 2.05) is 0 Å². The van der Waals surface area contributed by atoms with Gasteiger partial charge >= 0.3 is 5.97 Å². The van der Waals surface area contributed by atoms with Gasteiger partial charge in [0.15, 0.2) is 5.69 Å². The lowest BCUT2D eigenvalue weighted by atomic mass is 10.2. The standard InChI is InChI=1S/C17H17Cl2N3O3/c1-21(8-7-15(23)24)17(25)16-11-3-2-4-13(11)22(20-16)14-6-5-10(18)9-12(14)19/h5-6,9H,2-4,7-8H2,1H3,(H,23,24). The van der Waals surface area contributed by atoms with Gasteiger partial charge in [-0.2, -0.15) is 5.10 Å². The maximum absolute atomic E-state index is 12.7. The monoisotopic (exact) mass is 381 g/mol. The van der Waals surface area contributed by atoms with Crippen molar-refractivity contribution < 1.29 is 14.7 Å². The fourth-order valence-electron chi connectivity index (χ4n) is 3.01. The van der Waals surface area contributed by atoms with E-state index in [0.29, 0.717) is 21.4 Å². The van der Waals surface area contributed by atoms with Gasteiger partial charge in [0.05, 0.1) is 17.1 Å². The quantitative estimate of drug-likeness (QED) is 0.862. The highest BCUT2D eigenvalue weighted by Crippen LogP contribution is 2.32. The molecule has 0 aliphatic heterocycles. The molecule has 0 fully saturated rings. The maximum Gasteiger partial charge on any atom is 0.305 e. The van der Waals surface area contributed by atoms with Gasteiger partial charge in [0, 0.05) is 29.9 Å². The van der Waals surface area contributed by atoms with Gasteiger partial charge in [0.2, 0.25) is 0 Å². The largest absolute Gasteiger partial charge is 0.481 e. The topological polar surface area (TPSA) is 75.4 Å². The number of carbonyl (C=O) groups is 2. The predicted molar refractivity (Wildman–Crippen MR) is 94.8 cm³/mol. The van der Waals surface area contributed by atoms with Crippen LogP contribution >= 0.6 is 23.2 Å². The molecule has 1 aromatic heterocycles. The summed E-state index contributed by atoms with van der Waals surface area (Å²) >= 11 is 12.3. The van der Waals surface area contributed by atoms with Crippen molar-refractivity contribution in [2.24, 2.45) is 0 Å². The molecule has 1 aliphatic rings. The Morgan fingerprint density at radius 1 is 1.32 bits per heavy atom. The van der Waals surface area contributed by atoms with Crippen LogP contribution in [0.15, 0.2) is 18.2 Å². The summed E-state index contributed by atoms with van der Waals surface area (Å²) in [5.74, 6) is -1.22. The average molecular weight is 382 g/mol. The Balaban J connectivity index is 1.97. The lowest BCUT2D eigenvalue weighted by Gasteiger charge is -2.15. The predicted octanol–water partition coefficient (Wildman–Crippen LogP) is 3.21. The molecule has 0 radical (unpaired) electrons. The minimum absolute atomic E-state index is 0.103. The summed E-state index contributed by atoms with van der Waals surface area (Å²) in [6, 6.07) is 5.15. The van der Waals surface area contributed by atoms with Crippen LogP contribution < -0.4 is 0 Å². The number of amides is 1. The van der Waals surface area contributed by atoms with Crippen LogP contribution in [0.2, 0.25) is 10.0 Å². The molecular formula is C17H17Cl2N3O3. The minimum Gasteiger partial charge on any atom is -0.481 e. The molecule has 6 nitrogen and oxygen atoms in total. The molecule has 2 aromatic rings. The average Bonchev–Trinajstić information content (AvgIpc) is 3.14. The van der Waals surface area contributed by atoms with Gasteiger partial charge < -0.3 is 10.0 Å². The Morgan fingerprint density at radius 3 is 2.76 bits per heavy atom. The van der Waals surface area contributed by atoms with Gasteiger partial charge in [-0.1, -0.05) is 23.2 Å². The molecule has 0 bridgehead atoms. The highest BCUT2D eigenvalue weighted by Gasteiger charge is 2.29. The van der Waals surface area contributed by atoms with E-state index >= 15 is 0 Å². The first-order chi connectivity index (χ1) is 11.9. The molecule has 0 unspecified atom stereocenters. The molecule has 1 N–H and O–H groups in total. The molecule has 1 aliphatic carbocycles. The Kier molecular flexibility index (Phi) is 5.01. The van der Waals surface area contributed by atoms with E-state index in [-0.39, 0.29) is 18.9 Å². The SMILES string of the molecule is CN(CCC(=O)O)C(=O)c1nn(-c2ccc(Cl)cc2Cl)c2c1CCC2. The highest BCUT2D eigenvalue weighted by molar-refractivity contribution is 6.35. The summed E-state index contributed by atoms with van der Waals surface area (Å²) in [6.45, 7) is 0.136. The number of carboxylic acids is 1. The van der Waals surface area contributed by atoms with Crippen molar-refractivity contribution in [3.05, 3.63) is 45.2 Å². The number of hydrogen-bond donors (Lipinski definition) is 1. The third-order valence-electron chi connectivity index (χ3n) is 4.28. The lowest BCUT2D eigenvalue weighted by molar-refractivity contribution is -0.137. The number of aromatic nitrogens is 2. The smallest absolute Gasteiger partial charge is 0.305 e. The molecule has 0 atom stereocenters. The molecule has 0 saturated heterocycles. The van der Waals surface area contributed by atoms with Crippen molar-refractivity contribution in [1.29, 1.82) is 0 Å². The van der Waals surface area contributed by atoms with Crippen LogP contribution in [0.4, 0.5) is 0 Å². The van der Waals surface area contributed by atoms with Crippen molar-refractivity contribution in [3.8, 4) is 5.69 Å². The maximum atomic E-state index is 12.7. The molecule has 0 spiro atoms. The van der Waals surface area contributed by atoms with Crippen molar-refractivity contribution in [3.63, 3.8) is 0 Å². The zero-order valence-corrected chi connectivity index (χ0v) is 15.1. The van der Waals surface area contributed by atoms with E-state index < -0.39 is 5.97 Å². The third-order valence-corrected chi connectivity index (χ3v) is 4.82. The first kappa shape index (κ1) is 17.8. The van der Waals surface area contributed by atoms with E-state index in [1.54, 1.807) is 29.9 Å². The summed E-state index contributed by atoms with van der Waals surface area (Å²) in [7, 11) is 1.58. The number of rotatable bonds is 5. The summed E-state index contributed by atoms with van der Waals surface area (Å²) in [5, 5.41) is 14.3. The molecule has 3 rings (SSSR count). The zero-order chi connectivity index (χ0) is 18.1. The molecule has 1 aromatic carbocycles. The van der Waals surface area contributed by atoms with Gasteiger partial charge in [0.25, 0.3) is 5.91 Å². The summed E-state index contributed by atoms with van der Waals surface area (Å²) < 4.78 is 1.71. The molecule has 1 amide bonds. The van der Waals surface area contributed by atoms with Crippen molar-refractivity contribution >= 4 is 35.1 Å². The number of hydrogen-bond acceptors (Lipinski definition) is 3. The molecule has 25 heavy (non-hydrogen) atoms. The van der Waals surface area contributed by atoms with Crippen LogP contribution in [0.1, 0.15) is 34.6 Å². The van der Waals surface area contributed by atoms with Gasteiger partial charge in [-0.05, 0) is 37.5 Å². The number of carboxylic acid groups (broad SMARTS) is 1. The van der Waals surface area contributed by atoms with Crippen molar-refractivity contribution in [2.45, 2.75) is 25.7 Å². The summed E-state index contributed by atoms with van der Waals surface area (Å²) in [5.41, 5.74) is 2.93. The first-order valence-electron chi connectivity index (χ1n) is 7.92. The summed E-state index contributed by atoms with van der Waals surface area (Å²) in [6.07, 6.45) is 2.42. The van der Waals surface area contributed by atoms with Gasteiger partial charge in [-0.25, -0.2) is 4.68 Å². The summed E-state index contributed by atoms with van der Waals surface area (Å²) in [4.78, 5) is 24.8. The number of fused-ring (bicyclic) bond motifs is 1. The molecule has 8 heteroatoms. The van der Waals surface area contributed by atoms with Gasteiger partial charge in [-0.3, -0.25) is 9.59 Å². The van der Waals surface area contributed by atoms with Crippen LogP contribution in [-0.2, 0) is 17.6 Å². The lowest BCUT2D eigenvalue weighted by Crippen LogP contribution is -2.30. The normalized spacial score (nSPS) is 12.9. The van der Waals surface area contributed by atoms with Gasteiger partial charge in [0.1, 0.15) is 0 Å². The Morgan fingerprint density at radius 2 is 2.08 bits per heavy atom. The molecule has 132 valence electrons. The van der Waals surface area contributed by atoms with Crippen LogP contribution in [0.25, 0.3) is 5.69 Å². The molecular weight excluding hydrogens is 365 g/mol. The second-order valence-electron chi connectivity index (χ2n) is 6.01. The van der Waals surface area contributed by atoms with E-state index in [9.17, 15) is 9.59 Å². The fraction of sp³-hybridized carbons (Fsp3) is 0.353. The zero-order valence-electron chi connectivity index (χ0n) is 13.6. The first-order valence-corrected chi connectivity index (χ1v) is 8.67. The van der Waals surface area contributed by atoms with Crippen molar-refractivity contribution in [1.82, 2.24) is 14.7 Å². The van der Waals surface area contributed by atoms with Crippen LogP contribution in [0.3, 0.4) is 0 Å². The number of nitrogens with zero attached hydrogens (tertiary/aromatic N) is 3. The Bertz CT molecular complexity index is 848. The van der Waals surface area contributed by atoms with E-state index in [4.69, 9.17) is 28.3 Å². The second kappa shape index (κ2) is 7.06. The third kappa shape index (κ3) is 3.50. The second-order valence-corrected chi connectivity index (χ2v) is 6.85. The van der Waals surface area contributed by atoms with Crippen molar-refractivity contribution in [2.75, 3.05) is 13.6 Å². The Hall–Kier alpha value is -2.05. The fourth-order valence-corrected chi connectivity index (χ4v) is 3.50.